The zero-order chi connectivity index (χ0) is 14.5. The molecule has 2 aromatic rings. The summed E-state index contributed by atoms with van der Waals surface area (Å²) in [4.78, 5) is 11.8. The Morgan fingerprint density at radius 2 is 1.85 bits per heavy atom. The highest BCUT2D eigenvalue weighted by Gasteiger charge is 2.04. The van der Waals surface area contributed by atoms with Crippen molar-refractivity contribution in [3.63, 3.8) is 0 Å². The molecule has 0 aliphatic carbocycles. The van der Waals surface area contributed by atoms with Gasteiger partial charge in [-0.15, -0.1) is 0 Å². The van der Waals surface area contributed by atoms with Gasteiger partial charge in [0.15, 0.2) is 0 Å². The van der Waals surface area contributed by atoms with Crippen molar-refractivity contribution < 1.29 is 9.90 Å². The second kappa shape index (κ2) is 5.88. The average molecular weight is 269 g/mol. The van der Waals surface area contributed by atoms with Crippen LogP contribution in [0.1, 0.15) is 22.8 Å². The fourth-order valence-corrected chi connectivity index (χ4v) is 1.64. The first-order valence-corrected chi connectivity index (χ1v) is 6.06. The summed E-state index contributed by atoms with van der Waals surface area (Å²) in [7, 11) is 0. The third kappa shape index (κ3) is 3.35. The minimum atomic E-state index is -0.340. The van der Waals surface area contributed by atoms with Crippen molar-refractivity contribution in [2.24, 2.45) is 5.10 Å². The zero-order valence-corrected chi connectivity index (χ0v) is 11.0. The number of benzene rings is 2. The van der Waals surface area contributed by atoms with E-state index in [0.717, 1.165) is 5.56 Å². The first-order valence-electron chi connectivity index (χ1n) is 6.06. The van der Waals surface area contributed by atoms with Crippen molar-refractivity contribution >= 4 is 17.3 Å². The Kier molecular flexibility index (Phi) is 4.00. The minimum Gasteiger partial charge on any atom is -0.508 e. The van der Waals surface area contributed by atoms with E-state index in [-0.39, 0.29) is 11.7 Å². The lowest BCUT2D eigenvalue weighted by molar-refractivity contribution is 0.0955. The van der Waals surface area contributed by atoms with Crippen molar-refractivity contribution in [1.82, 2.24) is 5.43 Å². The molecule has 0 bridgehead atoms. The second-order valence-electron chi connectivity index (χ2n) is 4.31. The highest BCUT2D eigenvalue weighted by atomic mass is 16.3. The summed E-state index contributed by atoms with van der Waals surface area (Å²) >= 11 is 0. The number of nitrogens with zero attached hydrogens (tertiary/aromatic N) is 1. The number of anilines is 1. The van der Waals surface area contributed by atoms with Gasteiger partial charge in [0.05, 0.1) is 5.71 Å². The molecule has 5 nitrogen and oxygen atoms in total. The Morgan fingerprint density at radius 1 is 1.15 bits per heavy atom. The number of nitrogens with two attached hydrogens (primary N) is 1. The number of nitrogen functional groups attached to an aromatic ring is 1. The number of hydrogen-bond donors (Lipinski definition) is 3. The molecule has 4 N–H and O–H groups in total. The monoisotopic (exact) mass is 269 g/mol. The number of phenolic OH excluding ortho intramolecular Hbond substituents is 1. The van der Waals surface area contributed by atoms with Gasteiger partial charge in [0, 0.05) is 11.3 Å². The van der Waals surface area contributed by atoms with E-state index in [1.54, 1.807) is 19.1 Å². The van der Waals surface area contributed by atoms with E-state index in [9.17, 15) is 4.79 Å². The number of nitrogens with one attached hydrogen (secondary N) is 1. The first kappa shape index (κ1) is 13.6. The fourth-order valence-electron chi connectivity index (χ4n) is 1.64. The number of aromatic hydroxyl groups is 1. The molecule has 0 radical (unpaired) electrons. The van der Waals surface area contributed by atoms with Gasteiger partial charge < -0.3 is 10.8 Å². The van der Waals surface area contributed by atoms with Crippen molar-refractivity contribution in [2.75, 3.05) is 5.73 Å². The topological polar surface area (TPSA) is 87.7 Å². The standard InChI is InChI=1S/C15H15N3O2/c1-10(12-3-2-4-13(16)9-12)17-18-15(20)11-5-7-14(19)8-6-11/h2-9,19H,16H2,1H3,(H,18,20)/b17-10-. The maximum absolute atomic E-state index is 11.8. The molecule has 0 spiro atoms. The van der Waals surface area contributed by atoms with Crippen LogP contribution in [-0.4, -0.2) is 16.7 Å². The molecule has 2 rings (SSSR count). The molecule has 0 saturated heterocycles. The van der Waals surface area contributed by atoms with Crippen LogP contribution in [0.2, 0.25) is 0 Å². The molecule has 0 unspecified atom stereocenters. The molecule has 0 heterocycles. The van der Waals surface area contributed by atoms with Crippen LogP contribution in [0.3, 0.4) is 0 Å². The van der Waals surface area contributed by atoms with Gasteiger partial charge in [0.2, 0.25) is 0 Å². The molecule has 0 aliphatic rings. The van der Waals surface area contributed by atoms with Crippen LogP contribution in [0.25, 0.3) is 0 Å². The summed E-state index contributed by atoms with van der Waals surface area (Å²) in [5, 5.41) is 13.2. The average Bonchev–Trinajstić information content (AvgIpc) is 2.45. The molecule has 102 valence electrons. The summed E-state index contributed by atoms with van der Waals surface area (Å²) in [6.45, 7) is 1.78. The van der Waals surface area contributed by atoms with Gasteiger partial charge in [-0.1, -0.05) is 12.1 Å². The highest BCUT2D eigenvalue weighted by Crippen LogP contribution is 2.10. The summed E-state index contributed by atoms with van der Waals surface area (Å²) < 4.78 is 0. The van der Waals surface area contributed by atoms with Gasteiger partial charge >= 0.3 is 0 Å². The van der Waals surface area contributed by atoms with Crippen LogP contribution in [-0.2, 0) is 0 Å². The number of amides is 1. The summed E-state index contributed by atoms with van der Waals surface area (Å²) in [5.41, 5.74) is 10.7. The predicted molar refractivity (Wildman–Crippen MR) is 78.6 cm³/mol. The van der Waals surface area contributed by atoms with E-state index >= 15 is 0 Å². The van der Waals surface area contributed by atoms with Gasteiger partial charge in [-0.05, 0) is 48.9 Å². The Bertz CT molecular complexity index is 648. The van der Waals surface area contributed by atoms with Crippen LogP contribution in [0.4, 0.5) is 5.69 Å². The van der Waals surface area contributed by atoms with Gasteiger partial charge in [-0.3, -0.25) is 4.79 Å². The molecule has 0 aromatic heterocycles. The van der Waals surface area contributed by atoms with E-state index in [1.807, 2.05) is 12.1 Å². The van der Waals surface area contributed by atoms with Crippen molar-refractivity contribution in [3.8, 4) is 5.75 Å². The maximum Gasteiger partial charge on any atom is 0.271 e. The van der Waals surface area contributed by atoms with E-state index < -0.39 is 0 Å². The minimum absolute atomic E-state index is 0.112. The lowest BCUT2D eigenvalue weighted by Crippen LogP contribution is -2.19. The molecule has 5 heteroatoms. The third-order valence-electron chi connectivity index (χ3n) is 2.76. The normalized spacial score (nSPS) is 11.2. The van der Waals surface area contributed by atoms with E-state index in [2.05, 4.69) is 10.5 Å². The Hall–Kier alpha value is -2.82. The molecule has 0 atom stereocenters. The van der Waals surface area contributed by atoms with Crippen LogP contribution in [0.15, 0.2) is 53.6 Å². The van der Waals surface area contributed by atoms with Crippen LogP contribution in [0.5, 0.6) is 5.75 Å². The lowest BCUT2D eigenvalue weighted by atomic mass is 10.1. The number of rotatable bonds is 3. The number of phenols is 1. The molecule has 0 aliphatic heterocycles. The van der Waals surface area contributed by atoms with E-state index in [4.69, 9.17) is 10.8 Å². The quantitative estimate of drug-likeness (QED) is 0.453. The van der Waals surface area contributed by atoms with Crippen LogP contribution >= 0.6 is 0 Å². The van der Waals surface area contributed by atoms with E-state index in [0.29, 0.717) is 17.0 Å². The smallest absolute Gasteiger partial charge is 0.271 e. The van der Waals surface area contributed by atoms with Gasteiger partial charge in [0.25, 0.3) is 5.91 Å². The van der Waals surface area contributed by atoms with Gasteiger partial charge in [-0.2, -0.15) is 5.10 Å². The van der Waals surface area contributed by atoms with Crippen LogP contribution < -0.4 is 11.2 Å². The lowest BCUT2D eigenvalue weighted by Gasteiger charge is -2.04. The fraction of sp³-hybridized carbons (Fsp3) is 0.0667. The summed E-state index contributed by atoms with van der Waals surface area (Å²) in [5.74, 6) is -0.228. The number of carbonyl (C=O) groups is 1. The molecule has 0 fully saturated rings. The highest BCUT2D eigenvalue weighted by molar-refractivity contribution is 6.01. The zero-order valence-electron chi connectivity index (χ0n) is 11.0. The number of hydrazone groups is 1. The van der Waals surface area contributed by atoms with Gasteiger partial charge in [-0.25, -0.2) is 5.43 Å². The molecule has 0 saturated carbocycles. The van der Waals surface area contributed by atoms with Crippen molar-refractivity contribution in [3.05, 3.63) is 59.7 Å². The molecule has 2 aromatic carbocycles. The largest absolute Gasteiger partial charge is 0.508 e. The Balaban J connectivity index is 2.08. The molecule has 20 heavy (non-hydrogen) atoms. The number of hydrogen-bond acceptors (Lipinski definition) is 4. The SMILES string of the molecule is C/C(=N/NC(=O)c1ccc(O)cc1)c1cccc(N)c1. The second-order valence-corrected chi connectivity index (χ2v) is 4.31. The molecular weight excluding hydrogens is 254 g/mol. The maximum atomic E-state index is 11.8. The Morgan fingerprint density at radius 3 is 2.50 bits per heavy atom. The first-order chi connectivity index (χ1) is 9.56. The molecular formula is C15H15N3O2. The Labute approximate surface area is 116 Å². The van der Waals surface area contributed by atoms with Crippen LogP contribution in [0, 0.1) is 0 Å². The van der Waals surface area contributed by atoms with Crippen molar-refractivity contribution in [2.45, 2.75) is 6.92 Å². The predicted octanol–water partition coefficient (Wildman–Crippen LogP) is 2.13. The summed E-state index contributed by atoms with van der Waals surface area (Å²) in [6, 6.07) is 13.2. The summed E-state index contributed by atoms with van der Waals surface area (Å²) in [6.07, 6.45) is 0. The third-order valence-corrected chi connectivity index (χ3v) is 2.76. The molecule has 1 amide bonds. The van der Waals surface area contributed by atoms with Gasteiger partial charge in [0.1, 0.15) is 5.75 Å². The van der Waals surface area contributed by atoms with Crippen molar-refractivity contribution in [1.29, 1.82) is 0 Å². The van der Waals surface area contributed by atoms with E-state index in [1.165, 1.54) is 24.3 Å². The number of carbonyl (C=O) groups excluding carboxylic acids is 1.